The molecule has 2 heterocycles. The fraction of sp³-hybridized carbons (Fsp3) is 0.417. The summed E-state index contributed by atoms with van der Waals surface area (Å²) in [5.41, 5.74) is 1.40. The third-order valence-corrected chi connectivity index (χ3v) is 2.50. The number of anilines is 1. The van der Waals surface area contributed by atoms with Gasteiger partial charge in [-0.2, -0.15) is 5.10 Å². The molecule has 2 rings (SSSR count). The summed E-state index contributed by atoms with van der Waals surface area (Å²) in [7, 11) is 0. The molecule has 0 fully saturated rings. The molecule has 1 N–H and O–H groups in total. The minimum absolute atomic E-state index is 0.0147. The van der Waals surface area contributed by atoms with E-state index in [0.29, 0.717) is 11.3 Å². The number of nitrogens with one attached hydrogen (secondary N) is 1. The second-order valence-electron chi connectivity index (χ2n) is 4.22. The van der Waals surface area contributed by atoms with E-state index >= 15 is 0 Å². The van der Waals surface area contributed by atoms with Gasteiger partial charge in [0.05, 0.1) is 5.69 Å². The van der Waals surface area contributed by atoms with Gasteiger partial charge in [0, 0.05) is 18.5 Å². The number of rotatable bonds is 3. The number of hydrogen-bond donors (Lipinski definition) is 1. The van der Waals surface area contributed by atoms with Crippen molar-refractivity contribution in [1.82, 2.24) is 14.6 Å². The van der Waals surface area contributed by atoms with Crippen LogP contribution in [0.25, 0.3) is 5.65 Å². The van der Waals surface area contributed by atoms with E-state index < -0.39 is 0 Å². The molecule has 0 atom stereocenters. The molecule has 0 bridgehead atoms. The highest BCUT2D eigenvalue weighted by atomic mass is 16.1. The Bertz CT molecular complexity index is 544. The summed E-state index contributed by atoms with van der Waals surface area (Å²) in [4.78, 5) is 16.0. The zero-order chi connectivity index (χ0) is 12.4. The Hall–Kier alpha value is -1.91. The van der Waals surface area contributed by atoms with Crippen LogP contribution in [-0.4, -0.2) is 20.5 Å². The van der Waals surface area contributed by atoms with Crippen LogP contribution >= 0.6 is 0 Å². The molecule has 5 nitrogen and oxygen atoms in total. The minimum atomic E-state index is -0.0520. The first-order valence-corrected chi connectivity index (χ1v) is 5.77. The highest BCUT2D eigenvalue weighted by molar-refractivity contribution is 5.95. The number of fused-ring (bicyclic) bond motifs is 1. The van der Waals surface area contributed by atoms with Crippen LogP contribution in [0, 0.1) is 5.92 Å². The summed E-state index contributed by atoms with van der Waals surface area (Å²) in [6.45, 7) is 5.72. The Morgan fingerprint density at radius 1 is 1.53 bits per heavy atom. The summed E-state index contributed by atoms with van der Waals surface area (Å²) in [6.07, 6.45) is 2.60. The molecule has 90 valence electrons. The Morgan fingerprint density at radius 3 is 2.94 bits per heavy atom. The molecule has 2 aromatic rings. The molecule has 0 aliphatic carbocycles. The smallest absolute Gasteiger partial charge is 0.227 e. The van der Waals surface area contributed by atoms with Crippen molar-refractivity contribution in [3.05, 3.63) is 24.2 Å². The van der Waals surface area contributed by atoms with Gasteiger partial charge in [-0.25, -0.2) is 9.50 Å². The maximum absolute atomic E-state index is 11.7. The van der Waals surface area contributed by atoms with Gasteiger partial charge >= 0.3 is 0 Å². The van der Waals surface area contributed by atoms with Crippen molar-refractivity contribution in [2.24, 2.45) is 5.92 Å². The summed E-state index contributed by atoms with van der Waals surface area (Å²) in [5, 5.41) is 7.16. The normalized spacial score (nSPS) is 11.1. The summed E-state index contributed by atoms with van der Waals surface area (Å²) < 4.78 is 1.69. The molecule has 0 aliphatic rings. The van der Waals surface area contributed by atoms with Gasteiger partial charge < -0.3 is 5.32 Å². The third kappa shape index (κ3) is 2.27. The number of carbonyl (C=O) groups is 1. The lowest BCUT2D eigenvalue weighted by Gasteiger charge is -2.07. The molecule has 2 aromatic heterocycles. The highest BCUT2D eigenvalue weighted by Crippen LogP contribution is 2.15. The van der Waals surface area contributed by atoms with Gasteiger partial charge in [-0.1, -0.05) is 20.8 Å². The number of hydrogen-bond acceptors (Lipinski definition) is 3. The van der Waals surface area contributed by atoms with E-state index in [4.69, 9.17) is 0 Å². The van der Waals surface area contributed by atoms with Gasteiger partial charge in [-0.15, -0.1) is 0 Å². The van der Waals surface area contributed by atoms with Crippen molar-refractivity contribution in [2.45, 2.75) is 27.2 Å². The van der Waals surface area contributed by atoms with E-state index in [9.17, 15) is 4.79 Å². The van der Waals surface area contributed by atoms with Crippen LogP contribution in [0.3, 0.4) is 0 Å². The van der Waals surface area contributed by atoms with Crippen LogP contribution in [0.1, 0.15) is 26.6 Å². The second kappa shape index (κ2) is 4.53. The van der Waals surface area contributed by atoms with Gasteiger partial charge in [-0.3, -0.25) is 4.79 Å². The first-order valence-electron chi connectivity index (χ1n) is 5.77. The fourth-order valence-electron chi connectivity index (χ4n) is 1.47. The highest BCUT2D eigenvalue weighted by Gasteiger charge is 2.11. The molecule has 0 aliphatic heterocycles. The Morgan fingerprint density at radius 2 is 2.29 bits per heavy atom. The van der Waals surface area contributed by atoms with Gasteiger partial charge in [0.1, 0.15) is 0 Å². The minimum Gasteiger partial charge on any atom is -0.323 e. The van der Waals surface area contributed by atoms with Crippen molar-refractivity contribution in [2.75, 3.05) is 5.32 Å². The zero-order valence-electron chi connectivity index (χ0n) is 10.3. The molecule has 5 heteroatoms. The van der Waals surface area contributed by atoms with E-state index in [2.05, 4.69) is 15.4 Å². The van der Waals surface area contributed by atoms with Gasteiger partial charge in [0.2, 0.25) is 5.91 Å². The SMILES string of the molecule is CCc1nc2c(NC(=O)C(C)C)cccn2n1. The van der Waals surface area contributed by atoms with Crippen LogP contribution in [0.15, 0.2) is 18.3 Å². The lowest BCUT2D eigenvalue weighted by Crippen LogP contribution is -2.18. The Kier molecular flexibility index (Phi) is 3.08. The van der Waals surface area contributed by atoms with E-state index in [1.54, 1.807) is 4.52 Å². The lowest BCUT2D eigenvalue weighted by molar-refractivity contribution is -0.118. The number of amides is 1. The van der Waals surface area contributed by atoms with E-state index in [-0.39, 0.29) is 11.8 Å². The molecule has 0 saturated carbocycles. The van der Waals surface area contributed by atoms with Crippen LogP contribution in [0.2, 0.25) is 0 Å². The molecule has 0 spiro atoms. The van der Waals surface area contributed by atoms with Crippen molar-refractivity contribution in [1.29, 1.82) is 0 Å². The predicted molar refractivity (Wildman–Crippen MR) is 65.8 cm³/mol. The Balaban J connectivity index is 2.40. The topological polar surface area (TPSA) is 59.3 Å². The number of pyridine rings is 1. The molecular formula is C12H16N4O. The van der Waals surface area contributed by atoms with E-state index in [1.807, 2.05) is 39.1 Å². The van der Waals surface area contributed by atoms with Crippen LogP contribution < -0.4 is 5.32 Å². The van der Waals surface area contributed by atoms with E-state index in [1.165, 1.54) is 0 Å². The number of aromatic nitrogens is 3. The van der Waals surface area contributed by atoms with E-state index in [0.717, 1.165) is 12.2 Å². The maximum Gasteiger partial charge on any atom is 0.227 e. The average Bonchev–Trinajstić information content (AvgIpc) is 2.72. The lowest BCUT2D eigenvalue weighted by atomic mass is 10.2. The second-order valence-corrected chi connectivity index (χ2v) is 4.22. The summed E-state index contributed by atoms with van der Waals surface area (Å²) >= 11 is 0. The first-order chi connectivity index (χ1) is 8.11. The Labute approximate surface area is 99.9 Å². The van der Waals surface area contributed by atoms with Crippen molar-refractivity contribution < 1.29 is 4.79 Å². The molecule has 17 heavy (non-hydrogen) atoms. The fourth-order valence-corrected chi connectivity index (χ4v) is 1.47. The van der Waals surface area contributed by atoms with Crippen molar-refractivity contribution in [3.63, 3.8) is 0 Å². The van der Waals surface area contributed by atoms with Crippen LogP contribution in [0.4, 0.5) is 5.69 Å². The van der Waals surface area contributed by atoms with Crippen molar-refractivity contribution in [3.8, 4) is 0 Å². The monoisotopic (exact) mass is 232 g/mol. The molecule has 0 aromatic carbocycles. The quantitative estimate of drug-likeness (QED) is 0.879. The number of carbonyl (C=O) groups excluding carboxylic acids is 1. The molecule has 0 unspecified atom stereocenters. The maximum atomic E-state index is 11.7. The average molecular weight is 232 g/mol. The third-order valence-electron chi connectivity index (χ3n) is 2.50. The first kappa shape index (κ1) is 11.6. The molecule has 0 saturated heterocycles. The predicted octanol–water partition coefficient (Wildman–Crippen LogP) is 1.89. The molecular weight excluding hydrogens is 216 g/mol. The zero-order valence-corrected chi connectivity index (χ0v) is 10.3. The largest absolute Gasteiger partial charge is 0.323 e. The summed E-state index contributed by atoms with van der Waals surface area (Å²) in [5.74, 6) is 0.708. The molecule has 0 radical (unpaired) electrons. The van der Waals surface area contributed by atoms with Gasteiger partial charge in [-0.05, 0) is 12.1 Å². The van der Waals surface area contributed by atoms with Crippen LogP contribution in [0.5, 0.6) is 0 Å². The van der Waals surface area contributed by atoms with Gasteiger partial charge in [0.15, 0.2) is 11.5 Å². The summed E-state index contributed by atoms with van der Waals surface area (Å²) in [6, 6.07) is 3.68. The number of aryl methyl sites for hydroxylation is 1. The van der Waals surface area contributed by atoms with Crippen molar-refractivity contribution >= 4 is 17.2 Å². The standard InChI is InChI=1S/C12H16N4O/c1-4-10-14-11-9(13-12(17)8(2)3)6-5-7-16(11)15-10/h5-8H,4H2,1-3H3,(H,13,17). The van der Waals surface area contributed by atoms with Gasteiger partial charge in [0.25, 0.3) is 0 Å². The van der Waals surface area contributed by atoms with Crippen LogP contribution in [-0.2, 0) is 11.2 Å². The molecule has 1 amide bonds. The number of nitrogens with zero attached hydrogens (tertiary/aromatic N) is 3.